The van der Waals surface area contributed by atoms with Crippen LogP contribution in [0.5, 0.6) is 5.88 Å². The van der Waals surface area contributed by atoms with Crippen molar-refractivity contribution in [2.24, 2.45) is 0 Å². The molecule has 0 saturated heterocycles. The Morgan fingerprint density at radius 2 is 2.36 bits per heavy atom. The summed E-state index contributed by atoms with van der Waals surface area (Å²) in [5.41, 5.74) is 0.303. The van der Waals surface area contributed by atoms with Gasteiger partial charge >= 0.3 is 5.97 Å². The third-order valence-electron chi connectivity index (χ3n) is 1.81. The van der Waals surface area contributed by atoms with Gasteiger partial charge in [-0.15, -0.1) is 0 Å². The minimum Gasteiger partial charge on any atom is -0.479 e. The highest BCUT2D eigenvalue weighted by Gasteiger charge is 2.16. The normalized spacial score (nSPS) is 10.4. The van der Waals surface area contributed by atoms with Crippen molar-refractivity contribution in [2.45, 2.75) is 0 Å². The van der Waals surface area contributed by atoms with Crippen molar-refractivity contribution in [1.29, 1.82) is 0 Å². The fourth-order valence-corrected chi connectivity index (χ4v) is 1.23. The van der Waals surface area contributed by atoms with Crippen LogP contribution in [0.3, 0.4) is 0 Å². The number of ether oxygens (including phenoxy) is 1. The summed E-state index contributed by atoms with van der Waals surface area (Å²) in [5, 5.41) is 8.83. The Bertz CT molecular complexity index is 492. The molecule has 0 aromatic carbocycles. The van der Waals surface area contributed by atoms with Crippen molar-refractivity contribution in [3.63, 3.8) is 0 Å². The predicted octanol–water partition coefficient (Wildman–Crippen LogP) is 0.436. The maximum Gasteiger partial charge on any atom is 0.356 e. The van der Waals surface area contributed by atoms with Gasteiger partial charge in [0.05, 0.1) is 7.11 Å². The summed E-state index contributed by atoms with van der Waals surface area (Å²) in [5.74, 6) is -0.846. The molecule has 2 rings (SSSR count). The van der Waals surface area contributed by atoms with E-state index in [-0.39, 0.29) is 11.6 Å². The van der Waals surface area contributed by atoms with Crippen LogP contribution in [0.2, 0.25) is 0 Å². The Balaban J connectivity index is 2.81. The van der Waals surface area contributed by atoms with Gasteiger partial charge in [-0.1, -0.05) is 0 Å². The lowest BCUT2D eigenvalue weighted by Gasteiger charge is -2.00. The maximum absolute atomic E-state index is 10.8. The van der Waals surface area contributed by atoms with Crippen molar-refractivity contribution in [1.82, 2.24) is 14.4 Å². The molecule has 6 heteroatoms. The summed E-state index contributed by atoms with van der Waals surface area (Å²) in [6.45, 7) is 0. The Kier molecular flexibility index (Phi) is 1.81. The van der Waals surface area contributed by atoms with Crippen molar-refractivity contribution in [3.8, 4) is 5.88 Å². The third-order valence-corrected chi connectivity index (χ3v) is 1.81. The molecule has 0 aliphatic heterocycles. The Morgan fingerprint density at radius 3 is 3.00 bits per heavy atom. The van der Waals surface area contributed by atoms with Crippen molar-refractivity contribution >= 4 is 11.5 Å². The van der Waals surface area contributed by atoms with Crippen LogP contribution in [0, 0.1) is 0 Å². The fourth-order valence-electron chi connectivity index (χ4n) is 1.23. The average Bonchev–Trinajstić information content (AvgIpc) is 2.60. The van der Waals surface area contributed by atoms with Crippen LogP contribution < -0.4 is 4.74 Å². The molecule has 0 saturated carbocycles. The fraction of sp³-hybridized carbons (Fsp3) is 0.125. The monoisotopic (exact) mass is 193 g/mol. The molecule has 0 bridgehead atoms. The lowest BCUT2D eigenvalue weighted by atomic mass is 10.4. The zero-order chi connectivity index (χ0) is 10.1. The van der Waals surface area contributed by atoms with Gasteiger partial charge in [-0.05, 0) is 0 Å². The topological polar surface area (TPSA) is 76.7 Å². The second-order valence-corrected chi connectivity index (χ2v) is 2.59. The molecule has 14 heavy (non-hydrogen) atoms. The number of hydrogen-bond acceptors (Lipinski definition) is 4. The Labute approximate surface area is 78.8 Å². The average molecular weight is 193 g/mol. The summed E-state index contributed by atoms with van der Waals surface area (Å²) in [6.07, 6.45) is 4.53. The highest BCUT2D eigenvalue weighted by atomic mass is 16.5. The largest absolute Gasteiger partial charge is 0.479 e. The molecule has 0 atom stereocenters. The molecule has 2 aromatic rings. The van der Waals surface area contributed by atoms with E-state index in [0.29, 0.717) is 5.52 Å². The SMILES string of the molecule is COc1nccn2cnc(C(=O)O)c12. The Hall–Kier alpha value is -2.11. The van der Waals surface area contributed by atoms with Gasteiger partial charge in [0.1, 0.15) is 11.8 Å². The molecule has 0 fully saturated rings. The van der Waals surface area contributed by atoms with E-state index in [1.165, 1.54) is 19.6 Å². The van der Waals surface area contributed by atoms with E-state index in [0.717, 1.165) is 0 Å². The summed E-state index contributed by atoms with van der Waals surface area (Å²) in [4.78, 5) is 18.4. The molecule has 2 aromatic heterocycles. The van der Waals surface area contributed by atoms with Crippen molar-refractivity contribution < 1.29 is 14.6 Å². The van der Waals surface area contributed by atoms with E-state index >= 15 is 0 Å². The molecule has 6 nitrogen and oxygen atoms in total. The van der Waals surface area contributed by atoms with Gasteiger partial charge in [0.25, 0.3) is 0 Å². The molecule has 0 radical (unpaired) electrons. The molecule has 0 unspecified atom stereocenters. The van der Waals surface area contributed by atoms with Gasteiger partial charge in [-0.25, -0.2) is 14.8 Å². The first kappa shape index (κ1) is 8.49. The second kappa shape index (κ2) is 2.99. The number of methoxy groups -OCH3 is 1. The lowest BCUT2D eigenvalue weighted by molar-refractivity contribution is 0.0693. The smallest absolute Gasteiger partial charge is 0.356 e. The number of carbonyl (C=O) groups is 1. The van der Waals surface area contributed by atoms with E-state index in [1.54, 1.807) is 10.6 Å². The number of carboxylic acids is 1. The minimum atomic E-state index is -1.10. The van der Waals surface area contributed by atoms with Gasteiger partial charge < -0.3 is 9.84 Å². The Morgan fingerprint density at radius 1 is 1.57 bits per heavy atom. The molecule has 2 heterocycles. The van der Waals surface area contributed by atoms with E-state index in [9.17, 15) is 4.79 Å². The summed E-state index contributed by atoms with van der Waals surface area (Å²) in [6, 6.07) is 0. The molecule has 0 aliphatic carbocycles. The minimum absolute atomic E-state index is 0.0602. The predicted molar refractivity (Wildman–Crippen MR) is 46.5 cm³/mol. The number of aromatic carboxylic acids is 1. The first-order valence-electron chi connectivity index (χ1n) is 3.83. The molecule has 1 N–H and O–H groups in total. The number of hydrogen-bond donors (Lipinski definition) is 1. The molecular weight excluding hydrogens is 186 g/mol. The van der Waals surface area contributed by atoms with E-state index in [1.807, 2.05) is 0 Å². The van der Waals surface area contributed by atoms with Crippen LogP contribution in [0.1, 0.15) is 10.5 Å². The van der Waals surface area contributed by atoms with Crippen LogP contribution >= 0.6 is 0 Å². The second-order valence-electron chi connectivity index (χ2n) is 2.59. The molecular formula is C8H7N3O3. The maximum atomic E-state index is 10.8. The van der Waals surface area contributed by atoms with Crippen LogP contribution in [0.4, 0.5) is 0 Å². The van der Waals surface area contributed by atoms with Gasteiger partial charge in [-0.2, -0.15) is 0 Å². The first-order valence-corrected chi connectivity index (χ1v) is 3.83. The highest BCUT2D eigenvalue weighted by molar-refractivity contribution is 5.95. The summed E-state index contributed by atoms with van der Waals surface area (Å²) < 4.78 is 6.49. The van der Waals surface area contributed by atoms with Crippen LogP contribution in [-0.2, 0) is 0 Å². The number of fused-ring (bicyclic) bond motifs is 1. The van der Waals surface area contributed by atoms with Crippen molar-refractivity contribution in [3.05, 3.63) is 24.4 Å². The van der Waals surface area contributed by atoms with Gasteiger partial charge in [0.15, 0.2) is 5.69 Å². The van der Waals surface area contributed by atoms with Crippen LogP contribution in [0.15, 0.2) is 18.7 Å². The number of nitrogens with zero attached hydrogens (tertiary/aromatic N) is 3. The zero-order valence-electron chi connectivity index (χ0n) is 7.34. The van der Waals surface area contributed by atoms with E-state index in [2.05, 4.69) is 9.97 Å². The summed E-state index contributed by atoms with van der Waals surface area (Å²) in [7, 11) is 1.43. The molecule has 0 spiro atoms. The van der Waals surface area contributed by atoms with E-state index < -0.39 is 5.97 Å². The number of carboxylic acid groups (broad SMARTS) is 1. The zero-order valence-corrected chi connectivity index (χ0v) is 7.34. The quantitative estimate of drug-likeness (QED) is 0.748. The van der Waals surface area contributed by atoms with Crippen LogP contribution in [-0.4, -0.2) is 32.6 Å². The molecule has 0 amide bonds. The third kappa shape index (κ3) is 1.08. The van der Waals surface area contributed by atoms with Gasteiger partial charge in [0.2, 0.25) is 5.88 Å². The molecule has 72 valence electrons. The van der Waals surface area contributed by atoms with Crippen LogP contribution in [0.25, 0.3) is 5.52 Å². The standard InChI is InChI=1S/C8H7N3O3/c1-14-7-6-5(8(12)13)10-4-11(6)3-2-9-7/h2-4H,1H3,(H,12,13). The number of imidazole rings is 1. The summed E-state index contributed by atoms with van der Waals surface area (Å²) >= 11 is 0. The number of aromatic nitrogens is 3. The highest BCUT2D eigenvalue weighted by Crippen LogP contribution is 2.19. The first-order chi connectivity index (χ1) is 6.74. The molecule has 0 aliphatic rings. The lowest BCUT2D eigenvalue weighted by Crippen LogP contribution is -2.00. The van der Waals surface area contributed by atoms with E-state index in [4.69, 9.17) is 9.84 Å². The van der Waals surface area contributed by atoms with Gasteiger partial charge in [0, 0.05) is 12.4 Å². The number of rotatable bonds is 2. The van der Waals surface area contributed by atoms with Gasteiger partial charge in [-0.3, -0.25) is 4.40 Å². The van der Waals surface area contributed by atoms with Crippen molar-refractivity contribution in [2.75, 3.05) is 7.11 Å².